The molecule has 96 valence electrons. The van der Waals surface area contributed by atoms with Gasteiger partial charge in [-0.25, -0.2) is 4.98 Å². The molecule has 0 unspecified atom stereocenters. The third-order valence-electron chi connectivity index (χ3n) is 3.09. The normalized spacial score (nSPS) is 12.1. The Kier molecular flexibility index (Phi) is 4.87. The van der Waals surface area contributed by atoms with Gasteiger partial charge in [0.25, 0.3) is 0 Å². The number of thiazole rings is 1. The first kappa shape index (κ1) is 14.4. The maximum absolute atomic E-state index is 12.0. The van der Waals surface area contributed by atoms with Crippen LogP contribution in [-0.4, -0.2) is 10.8 Å². The zero-order valence-corrected chi connectivity index (χ0v) is 12.4. The third kappa shape index (κ3) is 3.91. The van der Waals surface area contributed by atoms with E-state index in [2.05, 4.69) is 45.0 Å². The van der Waals surface area contributed by atoms with Gasteiger partial charge in [0.15, 0.2) is 0 Å². The van der Waals surface area contributed by atoms with Crippen molar-refractivity contribution in [2.24, 2.45) is 5.92 Å². The summed E-state index contributed by atoms with van der Waals surface area (Å²) >= 11 is 1.61. The van der Waals surface area contributed by atoms with Gasteiger partial charge >= 0.3 is 0 Å². The lowest BCUT2D eigenvalue weighted by Crippen LogP contribution is -2.16. The van der Waals surface area contributed by atoms with Gasteiger partial charge in [-0.3, -0.25) is 4.79 Å². The van der Waals surface area contributed by atoms with Gasteiger partial charge in [-0.05, 0) is 12.8 Å². The van der Waals surface area contributed by atoms with Gasteiger partial charge in [-0.2, -0.15) is 0 Å². The van der Waals surface area contributed by atoms with E-state index >= 15 is 0 Å². The van der Waals surface area contributed by atoms with Gasteiger partial charge in [0.05, 0.1) is 12.1 Å². The smallest absolute Gasteiger partial charge is 0.142 e. The molecule has 3 heteroatoms. The van der Waals surface area contributed by atoms with E-state index in [1.54, 1.807) is 11.3 Å². The van der Waals surface area contributed by atoms with Crippen molar-refractivity contribution in [2.45, 2.75) is 59.3 Å². The number of carbonyl (C=O) groups excluding carboxylic acids is 1. The first-order valence-electron chi connectivity index (χ1n) is 6.36. The lowest BCUT2D eigenvalue weighted by atomic mass is 9.93. The lowest BCUT2D eigenvalue weighted by molar-refractivity contribution is -0.122. The highest BCUT2D eigenvalue weighted by molar-refractivity contribution is 7.09. The summed E-state index contributed by atoms with van der Waals surface area (Å²) in [6, 6.07) is 0. The third-order valence-corrected chi connectivity index (χ3v) is 3.94. The van der Waals surface area contributed by atoms with Crippen LogP contribution in [0.2, 0.25) is 0 Å². The maximum atomic E-state index is 12.0. The second-order valence-electron chi connectivity index (χ2n) is 5.53. The highest BCUT2D eigenvalue weighted by Gasteiger charge is 2.20. The van der Waals surface area contributed by atoms with Crippen LogP contribution in [0, 0.1) is 5.92 Å². The fourth-order valence-electron chi connectivity index (χ4n) is 1.77. The molecule has 0 aliphatic rings. The fourth-order valence-corrected chi connectivity index (χ4v) is 2.80. The number of hydrogen-bond acceptors (Lipinski definition) is 3. The van der Waals surface area contributed by atoms with Crippen molar-refractivity contribution in [1.29, 1.82) is 0 Å². The van der Waals surface area contributed by atoms with Crippen molar-refractivity contribution in [3.8, 4) is 0 Å². The molecule has 0 fully saturated rings. The summed E-state index contributed by atoms with van der Waals surface area (Å²) in [5, 5.41) is 3.04. The molecule has 0 bridgehead atoms. The number of Topliss-reactive ketones (excluding diaryl/α,β-unsaturated/α-hetero) is 1. The van der Waals surface area contributed by atoms with Crippen molar-refractivity contribution in [2.75, 3.05) is 0 Å². The van der Waals surface area contributed by atoms with Gasteiger partial charge in [0.1, 0.15) is 10.8 Å². The van der Waals surface area contributed by atoms with Gasteiger partial charge in [0, 0.05) is 16.7 Å². The van der Waals surface area contributed by atoms with E-state index < -0.39 is 0 Å². The SMILES string of the molecule is CCC(CC)C(=O)Cc1nc(C(C)(C)C)cs1. The predicted molar refractivity (Wildman–Crippen MR) is 73.6 cm³/mol. The largest absolute Gasteiger partial charge is 0.299 e. The minimum atomic E-state index is 0.0761. The van der Waals surface area contributed by atoms with E-state index in [1.807, 2.05) is 0 Å². The Labute approximate surface area is 108 Å². The molecular formula is C14H23NOS. The van der Waals surface area contributed by atoms with Crippen molar-refractivity contribution in [3.63, 3.8) is 0 Å². The summed E-state index contributed by atoms with van der Waals surface area (Å²) in [6.07, 6.45) is 2.38. The molecule has 0 aromatic carbocycles. The topological polar surface area (TPSA) is 30.0 Å². The number of nitrogens with zero attached hydrogens (tertiary/aromatic N) is 1. The number of aromatic nitrogens is 1. The molecule has 1 rings (SSSR count). The number of carbonyl (C=O) groups is 1. The Balaban J connectivity index is 2.70. The molecule has 0 saturated heterocycles. The molecular weight excluding hydrogens is 230 g/mol. The molecule has 1 aromatic rings. The summed E-state index contributed by atoms with van der Waals surface area (Å²) in [6.45, 7) is 10.6. The van der Waals surface area contributed by atoms with Gasteiger partial charge in [0.2, 0.25) is 0 Å². The van der Waals surface area contributed by atoms with E-state index in [4.69, 9.17) is 0 Å². The number of rotatable bonds is 5. The summed E-state index contributed by atoms with van der Waals surface area (Å²) in [5.74, 6) is 0.543. The molecule has 1 aromatic heterocycles. The van der Waals surface area contributed by atoms with Crippen LogP contribution in [0.1, 0.15) is 58.2 Å². The molecule has 0 spiro atoms. The van der Waals surface area contributed by atoms with Crippen LogP contribution in [0.15, 0.2) is 5.38 Å². The number of ketones is 1. The first-order chi connectivity index (χ1) is 7.88. The quantitative estimate of drug-likeness (QED) is 0.794. The van der Waals surface area contributed by atoms with Gasteiger partial charge in [-0.15, -0.1) is 11.3 Å². The summed E-state index contributed by atoms with van der Waals surface area (Å²) in [4.78, 5) is 16.6. The predicted octanol–water partition coefficient (Wildman–Crippen LogP) is 3.99. The second-order valence-corrected chi connectivity index (χ2v) is 6.48. The Hall–Kier alpha value is -0.700. The summed E-state index contributed by atoms with van der Waals surface area (Å²) in [7, 11) is 0. The van der Waals surface area contributed by atoms with Crippen molar-refractivity contribution < 1.29 is 4.79 Å². The zero-order chi connectivity index (χ0) is 13.1. The van der Waals surface area contributed by atoms with Crippen molar-refractivity contribution in [1.82, 2.24) is 4.98 Å². The van der Waals surface area contributed by atoms with E-state index in [-0.39, 0.29) is 11.3 Å². The molecule has 2 nitrogen and oxygen atoms in total. The fraction of sp³-hybridized carbons (Fsp3) is 0.714. The molecule has 0 N–H and O–H groups in total. The van der Waals surface area contributed by atoms with E-state index in [1.165, 1.54) is 0 Å². The van der Waals surface area contributed by atoms with Crippen LogP contribution in [0.3, 0.4) is 0 Å². The Morgan fingerprint density at radius 2 is 1.94 bits per heavy atom. The lowest BCUT2D eigenvalue weighted by Gasteiger charge is -2.14. The highest BCUT2D eigenvalue weighted by Crippen LogP contribution is 2.24. The molecule has 0 amide bonds. The van der Waals surface area contributed by atoms with Crippen LogP contribution in [0.25, 0.3) is 0 Å². The molecule has 17 heavy (non-hydrogen) atoms. The Morgan fingerprint density at radius 1 is 1.35 bits per heavy atom. The maximum Gasteiger partial charge on any atom is 0.142 e. The minimum absolute atomic E-state index is 0.0761. The van der Waals surface area contributed by atoms with Crippen molar-refractivity contribution >= 4 is 17.1 Å². The van der Waals surface area contributed by atoms with E-state index in [0.717, 1.165) is 23.5 Å². The Morgan fingerprint density at radius 3 is 2.35 bits per heavy atom. The minimum Gasteiger partial charge on any atom is -0.299 e. The molecule has 0 saturated carbocycles. The average Bonchev–Trinajstić information content (AvgIpc) is 2.67. The van der Waals surface area contributed by atoms with Crippen LogP contribution in [-0.2, 0) is 16.6 Å². The van der Waals surface area contributed by atoms with Crippen LogP contribution in [0.4, 0.5) is 0 Å². The van der Waals surface area contributed by atoms with E-state index in [0.29, 0.717) is 12.2 Å². The van der Waals surface area contributed by atoms with Gasteiger partial charge < -0.3 is 0 Å². The summed E-state index contributed by atoms with van der Waals surface area (Å²) < 4.78 is 0. The van der Waals surface area contributed by atoms with Crippen LogP contribution < -0.4 is 0 Å². The van der Waals surface area contributed by atoms with Crippen LogP contribution in [0.5, 0.6) is 0 Å². The van der Waals surface area contributed by atoms with Crippen molar-refractivity contribution in [3.05, 3.63) is 16.1 Å². The standard InChI is InChI=1S/C14H23NOS/c1-6-10(7-2)11(16)8-13-15-12(9-17-13)14(3,4)5/h9-10H,6-8H2,1-5H3. The molecule has 0 aliphatic carbocycles. The number of hydrogen-bond donors (Lipinski definition) is 0. The molecule has 0 aliphatic heterocycles. The average molecular weight is 253 g/mol. The Bertz CT molecular complexity index is 372. The highest BCUT2D eigenvalue weighted by atomic mass is 32.1. The second kappa shape index (κ2) is 5.76. The molecule has 1 heterocycles. The zero-order valence-electron chi connectivity index (χ0n) is 11.5. The van der Waals surface area contributed by atoms with Crippen LogP contribution >= 0.6 is 11.3 Å². The van der Waals surface area contributed by atoms with E-state index in [9.17, 15) is 4.79 Å². The first-order valence-corrected chi connectivity index (χ1v) is 7.24. The molecule has 0 atom stereocenters. The molecule has 0 radical (unpaired) electrons. The van der Waals surface area contributed by atoms with Gasteiger partial charge in [-0.1, -0.05) is 34.6 Å². The summed E-state index contributed by atoms with van der Waals surface area (Å²) in [5.41, 5.74) is 1.17. The monoisotopic (exact) mass is 253 g/mol.